The quantitative estimate of drug-likeness (QED) is 0.743. The molecule has 0 saturated carbocycles. The highest BCUT2D eigenvalue weighted by Gasteiger charge is 2.32. The van der Waals surface area contributed by atoms with E-state index in [9.17, 15) is 5.26 Å². The summed E-state index contributed by atoms with van der Waals surface area (Å²) in [5, 5.41) is 9.68. The molecule has 0 fully saturated rings. The smallest absolute Gasteiger partial charge is 0.142 e. The Bertz CT molecular complexity index is 828. The lowest BCUT2D eigenvalue weighted by atomic mass is 9.70. The van der Waals surface area contributed by atoms with Gasteiger partial charge in [-0.2, -0.15) is 5.26 Å². The maximum Gasteiger partial charge on any atom is 0.142 e. The van der Waals surface area contributed by atoms with Crippen LogP contribution in [0.3, 0.4) is 0 Å². The molecule has 0 amide bonds. The van der Waals surface area contributed by atoms with Gasteiger partial charge in [-0.1, -0.05) is 48.8 Å². The molecule has 0 aliphatic heterocycles. The molecule has 3 rings (SSSR count). The van der Waals surface area contributed by atoms with Crippen molar-refractivity contribution < 1.29 is 0 Å². The highest BCUT2D eigenvalue weighted by atomic mass is 79.9. The van der Waals surface area contributed by atoms with Crippen LogP contribution in [0.4, 0.5) is 5.82 Å². The Balaban J connectivity index is 2.24. The molecule has 1 aromatic carbocycles. The molecule has 0 saturated heterocycles. The highest BCUT2D eigenvalue weighted by Crippen LogP contribution is 2.42. The predicted molar refractivity (Wildman–Crippen MR) is 101 cm³/mol. The fourth-order valence-electron chi connectivity index (χ4n) is 3.59. The molecule has 2 N–H and O–H groups in total. The third kappa shape index (κ3) is 3.06. The van der Waals surface area contributed by atoms with Crippen LogP contribution in [-0.4, -0.2) is 4.98 Å². The van der Waals surface area contributed by atoms with E-state index in [1.165, 1.54) is 5.56 Å². The van der Waals surface area contributed by atoms with Gasteiger partial charge in [-0.15, -0.1) is 0 Å². The largest absolute Gasteiger partial charge is 0.383 e. The zero-order chi connectivity index (χ0) is 17.5. The second-order valence-corrected chi connectivity index (χ2v) is 8.52. The lowest BCUT2D eigenvalue weighted by Crippen LogP contribution is -2.28. The molecule has 0 bridgehead atoms. The summed E-state index contributed by atoms with van der Waals surface area (Å²) in [6, 6.07) is 10.4. The Morgan fingerprint density at radius 3 is 2.71 bits per heavy atom. The molecule has 1 aliphatic carbocycles. The summed E-state index contributed by atoms with van der Waals surface area (Å²) in [4.78, 5) is 4.55. The van der Waals surface area contributed by atoms with E-state index in [0.717, 1.165) is 40.6 Å². The van der Waals surface area contributed by atoms with Crippen LogP contribution in [-0.2, 0) is 12.8 Å². The number of nitrogens with two attached hydrogens (primary N) is 1. The standard InChI is InChI=1S/C20H22BrN3/c1-20(2,3)13-7-8-17-15(10-13)18(16(11-22)19(23)24-17)12-5-4-6-14(21)9-12/h4-6,9,13H,7-8,10H2,1-3H3,(H2,23,24). The highest BCUT2D eigenvalue weighted by molar-refractivity contribution is 9.10. The van der Waals surface area contributed by atoms with Crippen LogP contribution in [0.25, 0.3) is 11.1 Å². The van der Waals surface area contributed by atoms with Crippen molar-refractivity contribution in [2.75, 3.05) is 5.73 Å². The van der Waals surface area contributed by atoms with Gasteiger partial charge < -0.3 is 5.73 Å². The van der Waals surface area contributed by atoms with Crippen LogP contribution in [0.1, 0.15) is 44.0 Å². The first-order valence-corrected chi connectivity index (χ1v) is 9.08. The van der Waals surface area contributed by atoms with Crippen LogP contribution in [0.15, 0.2) is 28.7 Å². The lowest BCUT2D eigenvalue weighted by Gasteiger charge is -2.35. The Kier molecular flexibility index (Phi) is 4.40. The van der Waals surface area contributed by atoms with Crippen molar-refractivity contribution in [2.45, 2.75) is 40.0 Å². The number of fused-ring (bicyclic) bond motifs is 1. The molecule has 3 nitrogen and oxygen atoms in total. The van der Waals surface area contributed by atoms with Crippen molar-refractivity contribution in [1.82, 2.24) is 4.98 Å². The Morgan fingerprint density at radius 1 is 1.33 bits per heavy atom. The second-order valence-electron chi connectivity index (χ2n) is 7.60. The molecule has 1 unspecified atom stereocenters. The fraction of sp³-hybridized carbons (Fsp3) is 0.400. The normalized spacial score (nSPS) is 17.2. The van der Waals surface area contributed by atoms with E-state index >= 15 is 0 Å². The van der Waals surface area contributed by atoms with E-state index in [1.54, 1.807) is 0 Å². The lowest BCUT2D eigenvalue weighted by molar-refractivity contribution is 0.215. The van der Waals surface area contributed by atoms with E-state index in [4.69, 9.17) is 5.73 Å². The number of hydrogen-bond acceptors (Lipinski definition) is 3. The average molecular weight is 384 g/mol. The number of rotatable bonds is 1. The van der Waals surface area contributed by atoms with Gasteiger partial charge in [0, 0.05) is 15.7 Å². The van der Waals surface area contributed by atoms with Crippen molar-refractivity contribution in [2.24, 2.45) is 11.3 Å². The van der Waals surface area contributed by atoms with Crippen LogP contribution in [0, 0.1) is 22.7 Å². The molecular weight excluding hydrogens is 362 g/mol. The number of halogens is 1. The Hall–Kier alpha value is -1.86. The molecule has 0 radical (unpaired) electrons. The van der Waals surface area contributed by atoms with Gasteiger partial charge in [-0.05, 0) is 53.9 Å². The van der Waals surface area contributed by atoms with Crippen molar-refractivity contribution in [1.29, 1.82) is 5.26 Å². The Morgan fingerprint density at radius 2 is 2.08 bits per heavy atom. The third-order valence-corrected chi connectivity index (χ3v) is 5.53. The minimum absolute atomic E-state index is 0.237. The van der Waals surface area contributed by atoms with Crippen molar-refractivity contribution >= 4 is 21.7 Å². The molecular formula is C20H22BrN3. The van der Waals surface area contributed by atoms with Crippen LogP contribution < -0.4 is 5.73 Å². The second kappa shape index (κ2) is 6.22. The SMILES string of the molecule is CC(C)(C)C1CCc2nc(N)c(C#N)c(-c3cccc(Br)c3)c2C1. The zero-order valence-electron chi connectivity index (χ0n) is 14.4. The number of hydrogen-bond donors (Lipinski definition) is 1. The van der Waals surface area contributed by atoms with E-state index in [1.807, 2.05) is 18.2 Å². The Labute approximate surface area is 152 Å². The number of aromatic nitrogens is 1. The first kappa shape index (κ1) is 17.0. The van der Waals surface area contributed by atoms with Crippen molar-refractivity contribution in [3.63, 3.8) is 0 Å². The summed E-state index contributed by atoms with van der Waals surface area (Å²) < 4.78 is 0.996. The summed E-state index contributed by atoms with van der Waals surface area (Å²) in [7, 11) is 0. The zero-order valence-corrected chi connectivity index (χ0v) is 15.9. The summed E-state index contributed by atoms with van der Waals surface area (Å²) in [5.74, 6) is 0.924. The summed E-state index contributed by atoms with van der Waals surface area (Å²) >= 11 is 3.53. The molecule has 1 aromatic heterocycles. The maximum absolute atomic E-state index is 9.68. The van der Waals surface area contributed by atoms with Crippen LogP contribution in [0.5, 0.6) is 0 Å². The van der Waals surface area contributed by atoms with Gasteiger partial charge in [-0.25, -0.2) is 4.98 Å². The van der Waals surface area contributed by atoms with Crippen molar-refractivity contribution in [3.05, 3.63) is 45.6 Å². The molecule has 1 heterocycles. The summed E-state index contributed by atoms with van der Waals surface area (Å²) in [6.45, 7) is 6.87. The van der Waals surface area contributed by atoms with Crippen LogP contribution in [0.2, 0.25) is 0 Å². The maximum atomic E-state index is 9.68. The van der Waals surface area contributed by atoms with E-state index in [2.05, 4.69) is 53.8 Å². The minimum atomic E-state index is 0.237. The van der Waals surface area contributed by atoms with Crippen molar-refractivity contribution in [3.8, 4) is 17.2 Å². The predicted octanol–water partition coefficient (Wildman–Crippen LogP) is 5.12. The van der Waals surface area contributed by atoms with Crippen LogP contribution >= 0.6 is 15.9 Å². The summed E-state index contributed by atoms with van der Waals surface area (Å²) in [6.07, 6.45) is 2.99. The molecule has 0 spiro atoms. The average Bonchev–Trinajstić information content (AvgIpc) is 2.52. The number of nitrogens with zero attached hydrogens (tertiary/aromatic N) is 2. The van der Waals surface area contributed by atoms with Gasteiger partial charge in [0.25, 0.3) is 0 Å². The minimum Gasteiger partial charge on any atom is -0.383 e. The van der Waals surface area contributed by atoms with Gasteiger partial charge in [0.05, 0.1) is 0 Å². The number of pyridine rings is 1. The van der Waals surface area contributed by atoms with Gasteiger partial charge in [0.15, 0.2) is 0 Å². The first-order valence-electron chi connectivity index (χ1n) is 8.28. The number of nitrogen functional groups attached to an aromatic ring is 1. The number of nitriles is 1. The first-order chi connectivity index (χ1) is 11.3. The van der Waals surface area contributed by atoms with E-state index < -0.39 is 0 Å². The van der Waals surface area contributed by atoms with Gasteiger partial charge >= 0.3 is 0 Å². The molecule has 4 heteroatoms. The monoisotopic (exact) mass is 383 g/mol. The van der Waals surface area contributed by atoms with Gasteiger partial charge in [0.2, 0.25) is 0 Å². The topological polar surface area (TPSA) is 62.7 Å². The molecule has 124 valence electrons. The molecule has 1 atom stereocenters. The van der Waals surface area contributed by atoms with E-state index in [0.29, 0.717) is 17.3 Å². The number of benzene rings is 1. The third-order valence-electron chi connectivity index (χ3n) is 5.04. The van der Waals surface area contributed by atoms with Gasteiger partial charge in [0.1, 0.15) is 17.5 Å². The number of anilines is 1. The van der Waals surface area contributed by atoms with Gasteiger partial charge in [-0.3, -0.25) is 0 Å². The molecule has 2 aromatic rings. The summed E-state index contributed by atoms with van der Waals surface area (Å²) in [5.41, 5.74) is 11.1. The van der Waals surface area contributed by atoms with E-state index in [-0.39, 0.29) is 5.41 Å². The number of aryl methyl sites for hydroxylation is 1. The fourth-order valence-corrected chi connectivity index (χ4v) is 3.99. The molecule has 1 aliphatic rings. The molecule has 24 heavy (non-hydrogen) atoms.